The van der Waals surface area contributed by atoms with Crippen molar-refractivity contribution in [3.63, 3.8) is 0 Å². The van der Waals surface area contributed by atoms with Gasteiger partial charge in [-0.05, 0) is 25.8 Å². The van der Waals surface area contributed by atoms with E-state index in [4.69, 9.17) is 5.11 Å². The molecule has 1 aliphatic rings. The summed E-state index contributed by atoms with van der Waals surface area (Å²) in [4.78, 5) is 13.0. The number of aromatic nitrogens is 3. The highest BCUT2D eigenvalue weighted by Gasteiger charge is 2.24. The van der Waals surface area contributed by atoms with Crippen LogP contribution in [0.15, 0.2) is 6.33 Å². The molecule has 1 fully saturated rings. The van der Waals surface area contributed by atoms with Crippen LogP contribution in [0.2, 0.25) is 0 Å². The summed E-state index contributed by atoms with van der Waals surface area (Å²) >= 11 is 0. The summed E-state index contributed by atoms with van der Waals surface area (Å²) in [7, 11) is 1.94. The van der Waals surface area contributed by atoms with E-state index >= 15 is 0 Å². The molecule has 2 heterocycles. The van der Waals surface area contributed by atoms with E-state index in [9.17, 15) is 4.79 Å². The first-order valence-corrected chi connectivity index (χ1v) is 6.45. The lowest BCUT2D eigenvalue weighted by Gasteiger charge is -2.35. The number of likely N-dealkylation sites (tertiary alicyclic amines) is 1. The second-order valence-corrected chi connectivity index (χ2v) is 4.91. The first-order valence-electron chi connectivity index (χ1n) is 6.45. The number of carbonyl (C=O) groups is 1. The third-order valence-corrected chi connectivity index (χ3v) is 3.59. The van der Waals surface area contributed by atoms with E-state index in [0.29, 0.717) is 6.04 Å². The number of carboxylic acid groups (broad SMARTS) is 1. The maximum absolute atomic E-state index is 10.7. The fourth-order valence-electron chi connectivity index (χ4n) is 2.52. The monoisotopic (exact) mass is 252 g/mol. The van der Waals surface area contributed by atoms with Gasteiger partial charge in [-0.1, -0.05) is 6.42 Å². The SMILES string of the molecule is Cn1cnnc1CN1CCCCC1CCC(=O)O. The Morgan fingerprint density at radius 2 is 2.39 bits per heavy atom. The molecule has 100 valence electrons. The van der Waals surface area contributed by atoms with Gasteiger partial charge in [-0.3, -0.25) is 9.69 Å². The van der Waals surface area contributed by atoms with E-state index in [1.807, 2.05) is 11.6 Å². The van der Waals surface area contributed by atoms with Gasteiger partial charge in [0, 0.05) is 19.5 Å². The molecule has 0 amide bonds. The second-order valence-electron chi connectivity index (χ2n) is 4.91. The molecule has 1 aromatic heterocycles. The molecule has 6 heteroatoms. The highest BCUT2D eigenvalue weighted by molar-refractivity contribution is 5.66. The van der Waals surface area contributed by atoms with Gasteiger partial charge in [-0.15, -0.1) is 10.2 Å². The molecular formula is C12H20N4O2. The maximum Gasteiger partial charge on any atom is 0.303 e. The van der Waals surface area contributed by atoms with Crippen LogP contribution in [0.5, 0.6) is 0 Å². The smallest absolute Gasteiger partial charge is 0.303 e. The maximum atomic E-state index is 10.7. The number of piperidine rings is 1. The lowest BCUT2D eigenvalue weighted by molar-refractivity contribution is -0.137. The van der Waals surface area contributed by atoms with E-state index in [0.717, 1.165) is 31.8 Å². The molecule has 0 bridgehead atoms. The molecule has 0 radical (unpaired) electrons. The fourth-order valence-corrected chi connectivity index (χ4v) is 2.52. The number of carboxylic acids is 1. The molecule has 1 N–H and O–H groups in total. The molecule has 1 aliphatic heterocycles. The molecule has 1 saturated heterocycles. The van der Waals surface area contributed by atoms with Gasteiger partial charge in [0.1, 0.15) is 12.2 Å². The minimum atomic E-state index is -0.709. The van der Waals surface area contributed by atoms with Crippen molar-refractivity contribution in [2.75, 3.05) is 6.54 Å². The van der Waals surface area contributed by atoms with Crippen molar-refractivity contribution in [1.82, 2.24) is 19.7 Å². The van der Waals surface area contributed by atoms with Crippen molar-refractivity contribution in [3.8, 4) is 0 Å². The summed E-state index contributed by atoms with van der Waals surface area (Å²) in [6, 6.07) is 0.367. The van der Waals surface area contributed by atoms with E-state index in [1.165, 1.54) is 12.8 Å². The Kier molecular flexibility index (Phi) is 4.30. The first kappa shape index (κ1) is 13.0. The Hall–Kier alpha value is -1.43. The van der Waals surface area contributed by atoms with Crippen molar-refractivity contribution >= 4 is 5.97 Å². The number of aryl methyl sites for hydroxylation is 1. The first-order chi connectivity index (χ1) is 8.66. The van der Waals surface area contributed by atoms with Gasteiger partial charge in [-0.2, -0.15) is 0 Å². The Morgan fingerprint density at radius 3 is 3.06 bits per heavy atom. The van der Waals surface area contributed by atoms with Crippen molar-refractivity contribution < 1.29 is 9.90 Å². The number of hydrogen-bond acceptors (Lipinski definition) is 4. The normalized spacial score (nSPS) is 21.1. The van der Waals surface area contributed by atoms with Gasteiger partial charge in [0.25, 0.3) is 0 Å². The third kappa shape index (κ3) is 3.29. The molecule has 0 spiro atoms. The molecule has 1 atom stereocenters. The molecular weight excluding hydrogens is 232 g/mol. The van der Waals surface area contributed by atoms with Crippen LogP contribution in [-0.2, 0) is 18.4 Å². The molecule has 0 saturated carbocycles. The second kappa shape index (κ2) is 5.95. The number of hydrogen-bond donors (Lipinski definition) is 1. The van der Waals surface area contributed by atoms with Crippen LogP contribution in [-0.4, -0.2) is 43.3 Å². The lowest BCUT2D eigenvalue weighted by Crippen LogP contribution is -2.39. The summed E-state index contributed by atoms with van der Waals surface area (Å²) in [5.41, 5.74) is 0. The minimum absolute atomic E-state index is 0.250. The summed E-state index contributed by atoms with van der Waals surface area (Å²) in [5, 5.41) is 16.8. The zero-order valence-corrected chi connectivity index (χ0v) is 10.7. The highest BCUT2D eigenvalue weighted by atomic mass is 16.4. The van der Waals surface area contributed by atoms with Gasteiger partial charge in [0.15, 0.2) is 0 Å². The number of rotatable bonds is 5. The third-order valence-electron chi connectivity index (χ3n) is 3.59. The molecule has 6 nitrogen and oxygen atoms in total. The van der Waals surface area contributed by atoms with E-state index in [1.54, 1.807) is 6.33 Å². The van der Waals surface area contributed by atoms with E-state index in [2.05, 4.69) is 15.1 Å². The molecule has 18 heavy (non-hydrogen) atoms. The standard InChI is InChI=1S/C12H20N4O2/c1-15-9-13-14-11(15)8-16-7-3-2-4-10(16)5-6-12(17)18/h9-10H,2-8H2,1H3,(H,17,18). The van der Waals surface area contributed by atoms with Crippen LogP contribution < -0.4 is 0 Å². The Morgan fingerprint density at radius 1 is 1.56 bits per heavy atom. The van der Waals surface area contributed by atoms with Crippen LogP contribution in [0, 0.1) is 0 Å². The zero-order chi connectivity index (χ0) is 13.0. The molecule has 1 unspecified atom stereocenters. The largest absolute Gasteiger partial charge is 0.481 e. The van der Waals surface area contributed by atoms with Gasteiger partial charge in [0.2, 0.25) is 0 Å². The zero-order valence-electron chi connectivity index (χ0n) is 10.7. The summed E-state index contributed by atoms with van der Waals surface area (Å²) in [6.45, 7) is 1.79. The van der Waals surface area contributed by atoms with E-state index in [-0.39, 0.29) is 6.42 Å². The lowest BCUT2D eigenvalue weighted by atomic mass is 9.98. The highest BCUT2D eigenvalue weighted by Crippen LogP contribution is 2.22. The van der Waals surface area contributed by atoms with Crippen LogP contribution in [0.3, 0.4) is 0 Å². The minimum Gasteiger partial charge on any atom is -0.481 e. The topological polar surface area (TPSA) is 71.2 Å². The Balaban J connectivity index is 1.95. The summed E-state index contributed by atoms with van der Waals surface area (Å²) < 4.78 is 1.92. The summed E-state index contributed by atoms with van der Waals surface area (Å²) in [6.07, 6.45) is 6.14. The molecule has 0 aromatic carbocycles. The number of nitrogens with zero attached hydrogens (tertiary/aromatic N) is 4. The van der Waals surface area contributed by atoms with Gasteiger partial charge in [0.05, 0.1) is 6.54 Å². The van der Waals surface area contributed by atoms with Crippen molar-refractivity contribution in [3.05, 3.63) is 12.2 Å². The van der Waals surface area contributed by atoms with Crippen LogP contribution >= 0.6 is 0 Å². The number of aliphatic carboxylic acids is 1. The average molecular weight is 252 g/mol. The van der Waals surface area contributed by atoms with Crippen LogP contribution in [0.1, 0.15) is 37.9 Å². The van der Waals surface area contributed by atoms with Crippen molar-refractivity contribution in [2.24, 2.45) is 7.05 Å². The fraction of sp³-hybridized carbons (Fsp3) is 0.750. The van der Waals surface area contributed by atoms with Gasteiger partial charge >= 0.3 is 5.97 Å². The quantitative estimate of drug-likeness (QED) is 0.847. The molecule has 2 rings (SSSR count). The van der Waals surface area contributed by atoms with Crippen molar-refractivity contribution in [1.29, 1.82) is 0 Å². The Bertz CT molecular complexity index is 405. The molecule has 1 aromatic rings. The van der Waals surface area contributed by atoms with Crippen LogP contribution in [0.4, 0.5) is 0 Å². The Labute approximate surface area is 107 Å². The summed E-state index contributed by atoms with van der Waals surface area (Å²) in [5.74, 6) is 0.233. The average Bonchev–Trinajstić information content (AvgIpc) is 2.74. The van der Waals surface area contributed by atoms with Crippen molar-refractivity contribution in [2.45, 2.75) is 44.7 Å². The van der Waals surface area contributed by atoms with Gasteiger partial charge in [-0.25, -0.2) is 0 Å². The molecule has 0 aliphatic carbocycles. The predicted molar refractivity (Wildman–Crippen MR) is 65.9 cm³/mol. The predicted octanol–water partition coefficient (Wildman–Crippen LogP) is 1.03. The van der Waals surface area contributed by atoms with E-state index < -0.39 is 5.97 Å². The van der Waals surface area contributed by atoms with Crippen LogP contribution in [0.25, 0.3) is 0 Å². The van der Waals surface area contributed by atoms with Gasteiger partial charge < -0.3 is 9.67 Å².